The fraction of sp³-hybridized carbons (Fsp3) is 0.105. The molecule has 5 nitrogen and oxygen atoms in total. The summed E-state index contributed by atoms with van der Waals surface area (Å²) in [6.45, 7) is 3.85. The number of hydrogen-bond donors (Lipinski definition) is 2. The lowest BCUT2D eigenvalue weighted by atomic mass is 10.0. The van der Waals surface area contributed by atoms with Crippen LogP contribution in [0.1, 0.15) is 16.7 Å². The van der Waals surface area contributed by atoms with Gasteiger partial charge in [0.25, 0.3) is 11.8 Å². The Kier molecular flexibility index (Phi) is 4.37. The third kappa shape index (κ3) is 3.29. The molecule has 1 heterocycles. The van der Waals surface area contributed by atoms with Crippen LogP contribution in [0.2, 0.25) is 0 Å². The SMILES string of the molecule is Cc1ccc(N2C(=O)C(=Cc3ccc(O)cc3)C(=O)NC2=S)c(C)c1. The average Bonchev–Trinajstić information content (AvgIpc) is 2.55. The second kappa shape index (κ2) is 6.49. The zero-order valence-electron chi connectivity index (χ0n) is 13.7. The molecule has 2 N–H and O–H groups in total. The lowest BCUT2D eigenvalue weighted by Gasteiger charge is -2.30. The van der Waals surface area contributed by atoms with E-state index in [9.17, 15) is 14.7 Å². The van der Waals surface area contributed by atoms with Crippen LogP contribution in [-0.2, 0) is 9.59 Å². The Labute approximate surface area is 150 Å². The van der Waals surface area contributed by atoms with Gasteiger partial charge in [0.1, 0.15) is 11.3 Å². The standard InChI is InChI=1S/C19H16N2O3S/c1-11-3-8-16(12(2)9-11)21-18(24)15(17(23)20-19(21)25)10-13-4-6-14(22)7-5-13/h3-10,22H,1-2H3,(H,20,23,25). The number of aryl methyl sites for hydroxylation is 2. The molecular weight excluding hydrogens is 336 g/mol. The molecule has 2 amide bonds. The van der Waals surface area contributed by atoms with Gasteiger partial charge in [0.2, 0.25) is 0 Å². The molecule has 2 aromatic rings. The Morgan fingerprint density at radius 1 is 1.08 bits per heavy atom. The summed E-state index contributed by atoms with van der Waals surface area (Å²) < 4.78 is 0. The largest absolute Gasteiger partial charge is 0.508 e. The lowest BCUT2D eigenvalue weighted by molar-refractivity contribution is -0.122. The van der Waals surface area contributed by atoms with E-state index >= 15 is 0 Å². The molecule has 1 saturated heterocycles. The van der Waals surface area contributed by atoms with E-state index in [1.54, 1.807) is 12.1 Å². The highest BCUT2D eigenvalue weighted by molar-refractivity contribution is 7.80. The van der Waals surface area contributed by atoms with Crippen molar-refractivity contribution in [2.45, 2.75) is 13.8 Å². The van der Waals surface area contributed by atoms with E-state index in [4.69, 9.17) is 12.2 Å². The van der Waals surface area contributed by atoms with Crippen LogP contribution in [0.5, 0.6) is 5.75 Å². The van der Waals surface area contributed by atoms with Crippen molar-refractivity contribution in [3.8, 4) is 5.75 Å². The maximum atomic E-state index is 12.9. The number of thiocarbonyl (C=S) groups is 1. The van der Waals surface area contributed by atoms with Gasteiger partial charge in [-0.3, -0.25) is 19.8 Å². The summed E-state index contributed by atoms with van der Waals surface area (Å²) in [6, 6.07) is 11.9. The number of phenols is 1. The predicted molar refractivity (Wildman–Crippen MR) is 100 cm³/mol. The van der Waals surface area contributed by atoms with Gasteiger partial charge in [0.05, 0.1) is 5.69 Å². The Balaban J connectivity index is 2.03. The monoisotopic (exact) mass is 352 g/mol. The maximum absolute atomic E-state index is 12.9. The molecule has 3 rings (SSSR count). The van der Waals surface area contributed by atoms with E-state index in [0.29, 0.717) is 11.3 Å². The molecule has 0 atom stereocenters. The van der Waals surface area contributed by atoms with E-state index in [1.807, 2.05) is 32.0 Å². The highest BCUT2D eigenvalue weighted by atomic mass is 32.1. The maximum Gasteiger partial charge on any atom is 0.270 e. The molecule has 0 aromatic heterocycles. The molecule has 126 valence electrons. The zero-order chi connectivity index (χ0) is 18.1. The van der Waals surface area contributed by atoms with Crippen LogP contribution >= 0.6 is 12.2 Å². The minimum absolute atomic E-state index is 0.0146. The van der Waals surface area contributed by atoms with Crippen molar-refractivity contribution in [1.82, 2.24) is 5.32 Å². The summed E-state index contributed by atoms with van der Waals surface area (Å²) in [7, 11) is 0. The normalized spacial score (nSPS) is 16.3. The Bertz CT molecular complexity index is 917. The molecule has 1 aliphatic heterocycles. The second-order valence-corrected chi connectivity index (χ2v) is 6.23. The number of hydrogen-bond acceptors (Lipinski definition) is 4. The molecule has 2 aromatic carbocycles. The first kappa shape index (κ1) is 16.9. The molecule has 1 fully saturated rings. The van der Waals surface area contributed by atoms with Gasteiger partial charge in [-0.05, 0) is 61.5 Å². The molecule has 0 aliphatic carbocycles. The van der Waals surface area contributed by atoms with E-state index in [-0.39, 0.29) is 16.4 Å². The van der Waals surface area contributed by atoms with Crippen molar-refractivity contribution < 1.29 is 14.7 Å². The summed E-state index contributed by atoms with van der Waals surface area (Å²) in [5.74, 6) is -0.905. The number of amides is 2. The molecule has 1 aliphatic rings. The Morgan fingerprint density at radius 3 is 2.40 bits per heavy atom. The van der Waals surface area contributed by atoms with Gasteiger partial charge in [0.15, 0.2) is 5.11 Å². The Morgan fingerprint density at radius 2 is 1.76 bits per heavy atom. The number of carbonyl (C=O) groups excluding carboxylic acids is 2. The van der Waals surface area contributed by atoms with Crippen LogP contribution in [0.25, 0.3) is 6.08 Å². The van der Waals surface area contributed by atoms with Crippen molar-refractivity contribution in [1.29, 1.82) is 0 Å². The molecular formula is C19H16N2O3S. The number of nitrogens with zero attached hydrogens (tertiary/aromatic N) is 1. The summed E-state index contributed by atoms with van der Waals surface area (Å²) in [5.41, 5.74) is 3.21. The van der Waals surface area contributed by atoms with Crippen molar-refractivity contribution in [3.05, 3.63) is 64.7 Å². The third-order valence-corrected chi connectivity index (χ3v) is 4.18. The summed E-state index contributed by atoms with van der Waals surface area (Å²) in [6.07, 6.45) is 1.48. The molecule has 0 radical (unpaired) electrons. The van der Waals surface area contributed by atoms with Crippen LogP contribution in [0.15, 0.2) is 48.0 Å². The van der Waals surface area contributed by atoms with Gasteiger partial charge in [-0.25, -0.2) is 0 Å². The van der Waals surface area contributed by atoms with Crippen LogP contribution in [-0.4, -0.2) is 22.0 Å². The number of carbonyl (C=O) groups is 2. The Hall–Kier alpha value is -2.99. The van der Waals surface area contributed by atoms with Crippen LogP contribution in [0, 0.1) is 13.8 Å². The number of benzene rings is 2. The van der Waals surface area contributed by atoms with E-state index in [0.717, 1.165) is 11.1 Å². The second-order valence-electron chi connectivity index (χ2n) is 5.84. The smallest absolute Gasteiger partial charge is 0.270 e. The van der Waals surface area contributed by atoms with Gasteiger partial charge in [-0.1, -0.05) is 29.8 Å². The molecule has 6 heteroatoms. The number of nitrogens with one attached hydrogen (secondary N) is 1. The first-order chi connectivity index (χ1) is 11.9. The molecule has 25 heavy (non-hydrogen) atoms. The number of aromatic hydroxyl groups is 1. The highest BCUT2D eigenvalue weighted by Crippen LogP contribution is 2.26. The van der Waals surface area contributed by atoms with Gasteiger partial charge in [0, 0.05) is 0 Å². The minimum atomic E-state index is -0.538. The van der Waals surface area contributed by atoms with Crippen LogP contribution in [0.4, 0.5) is 5.69 Å². The van der Waals surface area contributed by atoms with Gasteiger partial charge in [-0.15, -0.1) is 0 Å². The van der Waals surface area contributed by atoms with Gasteiger partial charge in [-0.2, -0.15) is 0 Å². The van der Waals surface area contributed by atoms with Crippen molar-refractivity contribution in [3.63, 3.8) is 0 Å². The summed E-state index contributed by atoms with van der Waals surface area (Å²) in [4.78, 5) is 26.5. The van der Waals surface area contributed by atoms with Crippen molar-refractivity contribution in [2.75, 3.05) is 4.90 Å². The van der Waals surface area contributed by atoms with E-state index in [2.05, 4.69) is 5.32 Å². The summed E-state index contributed by atoms with van der Waals surface area (Å²) in [5, 5.41) is 12.0. The van der Waals surface area contributed by atoms with Crippen LogP contribution < -0.4 is 10.2 Å². The topological polar surface area (TPSA) is 69.6 Å². The first-order valence-electron chi connectivity index (χ1n) is 7.64. The zero-order valence-corrected chi connectivity index (χ0v) is 14.6. The average molecular weight is 352 g/mol. The van der Waals surface area contributed by atoms with Gasteiger partial charge < -0.3 is 5.11 Å². The first-order valence-corrected chi connectivity index (χ1v) is 8.05. The molecule has 0 unspecified atom stereocenters. The van der Waals surface area contributed by atoms with Crippen molar-refractivity contribution in [2.24, 2.45) is 0 Å². The van der Waals surface area contributed by atoms with Crippen molar-refractivity contribution >= 4 is 40.9 Å². The molecule has 0 saturated carbocycles. The highest BCUT2D eigenvalue weighted by Gasteiger charge is 2.35. The predicted octanol–water partition coefficient (Wildman–Crippen LogP) is 2.84. The third-order valence-electron chi connectivity index (χ3n) is 3.90. The fourth-order valence-corrected chi connectivity index (χ4v) is 2.94. The number of anilines is 1. The lowest BCUT2D eigenvalue weighted by Crippen LogP contribution is -2.54. The molecule has 0 spiro atoms. The number of phenolic OH excluding ortho intramolecular Hbond substituents is 1. The van der Waals surface area contributed by atoms with E-state index < -0.39 is 11.8 Å². The molecule has 0 bridgehead atoms. The van der Waals surface area contributed by atoms with Gasteiger partial charge >= 0.3 is 0 Å². The number of rotatable bonds is 2. The van der Waals surface area contributed by atoms with Crippen LogP contribution in [0.3, 0.4) is 0 Å². The van der Waals surface area contributed by atoms with E-state index in [1.165, 1.54) is 23.1 Å². The fourth-order valence-electron chi connectivity index (χ4n) is 2.67. The minimum Gasteiger partial charge on any atom is -0.508 e. The quantitative estimate of drug-likeness (QED) is 0.495. The summed E-state index contributed by atoms with van der Waals surface area (Å²) >= 11 is 5.20.